The van der Waals surface area contributed by atoms with Crippen LogP contribution in [0.2, 0.25) is 0 Å². The minimum atomic E-state index is 0.177. The Bertz CT molecular complexity index is 512. The van der Waals surface area contributed by atoms with E-state index in [-0.39, 0.29) is 6.10 Å². The monoisotopic (exact) mass is 243 g/mol. The molecule has 2 heterocycles. The Morgan fingerprint density at radius 2 is 2.17 bits per heavy atom. The van der Waals surface area contributed by atoms with E-state index >= 15 is 0 Å². The van der Waals surface area contributed by atoms with Crippen LogP contribution in [0.3, 0.4) is 0 Å². The summed E-state index contributed by atoms with van der Waals surface area (Å²) in [4.78, 5) is 4.23. The van der Waals surface area contributed by atoms with Crippen molar-refractivity contribution in [3.8, 4) is 5.69 Å². The Morgan fingerprint density at radius 1 is 1.33 bits per heavy atom. The summed E-state index contributed by atoms with van der Waals surface area (Å²) >= 11 is 0. The first kappa shape index (κ1) is 11.4. The molecule has 1 atom stereocenters. The summed E-state index contributed by atoms with van der Waals surface area (Å²) in [5.74, 6) is 0.998. The Labute approximate surface area is 107 Å². The first-order chi connectivity index (χ1) is 8.84. The molecule has 4 heteroatoms. The van der Waals surface area contributed by atoms with Gasteiger partial charge in [-0.15, -0.1) is 0 Å². The van der Waals surface area contributed by atoms with Crippen molar-refractivity contribution in [2.75, 3.05) is 19.7 Å². The van der Waals surface area contributed by atoms with Crippen molar-refractivity contribution in [1.82, 2.24) is 14.9 Å². The van der Waals surface area contributed by atoms with Crippen LogP contribution in [0.1, 0.15) is 17.5 Å². The summed E-state index contributed by atoms with van der Waals surface area (Å²) in [6, 6.07) is 8.49. The second-order valence-electron chi connectivity index (χ2n) is 4.50. The number of nitrogens with one attached hydrogen (secondary N) is 1. The zero-order valence-electron chi connectivity index (χ0n) is 10.5. The minimum absolute atomic E-state index is 0.177. The number of benzene rings is 1. The van der Waals surface area contributed by atoms with E-state index < -0.39 is 0 Å². The van der Waals surface area contributed by atoms with Gasteiger partial charge in [0.15, 0.2) is 0 Å². The molecule has 94 valence electrons. The van der Waals surface area contributed by atoms with Gasteiger partial charge in [-0.05, 0) is 24.6 Å². The molecule has 1 aliphatic heterocycles. The lowest BCUT2D eigenvalue weighted by Gasteiger charge is -2.24. The molecule has 2 aromatic rings. The number of hydrogen-bond donors (Lipinski definition) is 1. The van der Waals surface area contributed by atoms with E-state index in [9.17, 15) is 0 Å². The fourth-order valence-corrected chi connectivity index (χ4v) is 2.28. The van der Waals surface area contributed by atoms with Gasteiger partial charge in [-0.2, -0.15) is 0 Å². The summed E-state index contributed by atoms with van der Waals surface area (Å²) in [6.45, 7) is 4.63. The number of aryl methyl sites for hydroxylation is 1. The maximum absolute atomic E-state index is 5.74. The van der Waals surface area contributed by atoms with Crippen molar-refractivity contribution in [2.24, 2.45) is 0 Å². The van der Waals surface area contributed by atoms with Gasteiger partial charge in [0.25, 0.3) is 0 Å². The molecule has 0 aliphatic carbocycles. The number of hydrogen-bond acceptors (Lipinski definition) is 3. The topological polar surface area (TPSA) is 39.1 Å². The fourth-order valence-electron chi connectivity index (χ4n) is 2.28. The highest BCUT2D eigenvalue weighted by Crippen LogP contribution is 2.20. The molecule has 0 amide bonds. The SMILES string of the molecule is Cc1nccn1-c1ccc(C2CNCCO2)cc1. The zero-order chi connectivity index (χ0) is 12.4. The highest BCUT2D eigenvalue weighted by atomic mass is 16.5. The molecule has 1 N–H and O–H groups in total. The highest BCUT2D eigenvalue weighted by Gasteiger charge is 2.15. The Kier molecular flexibility index (Phi) is 3.13. The third-order valence-electron chi connectivity index (χ3n) is 3.30. The van der Waals surface area contributed by atoms with E-state index in [1.807, 2.05) is 19.3 Å². The Morgan fingerprint density at radius 3 is 2.78 bits per heavy atom. The smallest absolute Gasteiger partial charge is 0.110 e. The predicted molar refractivity (Wildman–Crippen MR) is 69.9 cm³/mol. The van der Waals surface area contributed by atoms with Crippen LogP contribution in [-0.4, -0.2) is 29.2 Å². The molecule has 18 heavy (non-hydrogen) atoms. The molecule has 1 aliphatic rings. The van der Waals surface area contributed by atoms with Crippen molar-refractivity contribution in [2.45, 2.75) is 13.0 Å². The van der Waals surface area contributed by atoms with Crippen molar-refractivity contribution >= 4 is 0 Å². The van der Waals surface area contributed by atoms with Gasteiger partial charge in [-0.25, -0.2) is 4.98 Å². The largest absolute Gasteiger partial charge is 0.371 e. The van der Waals surface area contributed by atoms with Crippen LogP contribution in [0.15, 0.2) is 36.7 Å². The maximum atomic E-state index is 5.74. The first-order valence-electron chi connectivity index (χ1n) is 6.27. The fraction of sp³-hybridized carbons (Fsp3) is 0.357. The lowest BCUT2D eigenvalue weighted by atomic mass is 10.1. The van der Waals surface area contributed by atoms with E-state index in [0.717, 1.165) is 31.2 Å². The van der Waals surface area contributed by atoms with Gasteiger partial charge < -0.3 is 14.6 Å². The van der Waals surface area contributed by atoms with Crippen molar-refractivity contribution in [3.05, 3.63) is 48.0 Å². The molecule has 1 aromatic carbocycles. The molecule has 0 bridgehead atoms. The van der Waals surface area contributed by atoms with Crippen LogP contribution < -0.4 is 5.32 Å². The summed E-state index contributed by atoms with van der Waals surface area (Å²) in [5, 5.41) is 3.34. The molecular formula is C14H17N3O. The number of morpholine rings is 1. The van der Waals surface area contributed by atoms with Gasteiger partial charge in [0, 0.05) is 31.2 Å². The Hall–Kier alpha value is -1.65. The normalized spacial score (nSPS) is 19.9. The number of aromatic nitrogens is 2. The third-order valence-corrected chi connectivity index (χ3v) is 3.30. The van der Waals surface area contributed by atoms with Crippen LogP contribution in [-0.2, 0) is 4.74 Å². The molecule has 1 saturated heterocycles. The number of nitrogens with zero attached hydrogens (tertiary/aromatic N) is 2. The second-order valence-corrected chi connectivity index (χ2v) is 4.50. The molecule has 0 radical (unpaired) electrons. The summed E-state index contributed by atoms with van der Waals surface area (Å²) in [7, 11) is 0. The van der Waals surface area contributed by atoms with Gasteiger partial charge in [0.05, 0.1) is 12.7 Å². The van der Waals surface area contributed by atoms with Crippen molar-refractivity contribution < 1.29 is 4.74 Å². The maximum Gasteiger partial charge on any atom is 0.110 e. The number of imidazole rings is 1. The average molecular weight is 243 g/mol. The van der Waals surface area contributed by atoms with Gasteiger partial charge in [0.1, 0.15) is 5.82 Å². The van der Waals surface area contributed by atoms with E-state index in [1.54, 1.807) is 0 Å². The van der Waals surface area contributed by atoms with Crippen molar-refractivity contribution in [3.63, 3.8) is 0 Å². The third kappa shape index (κ3) is 2.17. The molecular weight excluding hydrogens is 226 g/mol. The summed E-state index contributed by atoms with van der Waals surface area (Å²) in [5.41, 5.74) is 2.36. The molecule has 4 nitrogen and oxygen atoms in total. The zero-order valence-corrected chi connectivity index (χ0v) is 10.5. The van der Waals surface area contributed by atoms with E-state index in [2.05, 4.69) is 39.1 Å². The van der Waals surface area contributed by atoms with E-state index in [4.69, 9.17) is 4.74 Å². The molecule has 1 unspecified atom stereocenters. The minimum Gasteiger partial charge on any atom is -0.371 e. The number of rotatable bonds is 2. The van der Waals surface area contributed by atoms with Gasteiger partial charge >= 0.3 is 0 Å². The van der Waals surface area contributed by atoms with E-state index in [1.165, 1.54) is 5.56 Å². The lowest BCUT2D eigenvalue weighted by Crippen LogP contribution is -2.33. The molecule has 3 rings (SSSR count). The standard InChI is InChI=1S/C14H17N3O/c1-11-16-6-8-17(11)13-4-2-12(3-5-13)14-10-15-7-9-18-14/h2-6,8,14-15H,7,9-10H2,1H3. The van der Waals surface area contributed by atoms with Crippen LogP contribution in [0, 0.1) is 6.92 Å². The Balaban J connectivity index is 1.82. The number of ether oxygens (including phenoxy) is 1. The van der Waals surface area contributed by atoms with Crippen LogP contribution in [0.25, 0.3) is 5.69 Å². The van der Waals surface area contributed by atoms with Gasteiger partial charge in [-0.3, -0.25) is 0 Å². The van der Waals surface area contributed by atoms with Crippen LogP contribution in [0.5, 0.6) is 0 Å². The van der Waals surface area contributed by atoms with Gasteiger partial charge in [0.2, 0.25) is 0 Å². The predicted octanol–water partition coefficient (Wildman–Crippen LogP) is 1.84. The summed E-state index contributed by atoms with van der Waals surface area (Å²) < 4.78 is 7.81. The summed E-state index contributed by atoms with van der Waals surface area (Å²) in [6.07, 6.45) is 3.97. The first-order valence-corrected chi connectivity index (χ1v) is 6.27. The van der Waals surface area contributed by atoms with Crippen molar-refractivity contribution in [1.29, 1.82) is 0 Å². The van der Waals surface area contributed by atoms with Crippen LogP contribution >= 0.6 is 0 Å². The lowest BCUT2D eigenvalue weighted by molar-refractivity contribution is 0.0277. The van der Waals surface area contributed by atoms with Gasteiger partial charge in [-0.1, -0.05) is 12.1 Å². The molecule has 1 fully saturated rings. The average Bonchev–Trinajstić information content (AvgIpc) is 2.86. The molecule has 0 saturated carbocycles. The molecule has 1 aromatic heterocycles. The molecule has 0 spiro atoms. The quantitative estimate of drug-likeness (QED) is 0.874. The van der Waals surface area contributed by atoms with Crippen LogP contribution in [0.4, 0.5) is 0 Å². The second kappa shape index (κ2) is 4.92. The van der Waals surface area contributed by atoms with E-state index in [0.29, 0.717) is 0 Å². The highest BCUT2D eigenvalue weighted by molar-refractivity contribution is 5.36.